The van der Waals surface area contributed by atoms with E-state index in [2.05, 4.69) is 91.9 Å². The van der Waals surface area contributed by atoms with Crippen molar-refractivity contribution in [3.63, 3.8) is 0 Å². The summed E-state index contributed by atoms with van der Waals surface area (Å²) in [6, 6.07) is 36.0. The van der Waals surface area contributed by atoms with Gasteiger partial charge in [-0.25, -0.2) is 8.42 Å². The van der Waals surface area contributed by atoms with Gasteiger partial charge in [0.1, 0.15) is 10.1 Å². The predicted molar refractivity (Wildman–Crippen MR) is 125 cm³/mol. The lowest BCUT2D eigenvalue weighted by Gasteiger charge is -2.09. The molecular formula is C26H24O3S2. The Morgan fingerprint density at radius 3 is 1.52 bits per heavy atom. The van der Waals surface area contributed by atoms with Gasteiger partial charge in [0.15, 0.2) is 14.7 Å². The molecule has 0 amide bonds. The smallest absolute Gasteiger partial charge is 0.169 e. The molecule has 4 aromatic carbocycles. The van der Waals surface area contributed by atoms with E-state index in [0.29, 0.717) is 0 Å². The second-order valence-electron chi connectivity index (χ2n) is 6.96. The maximum atomic E-state index is 10.4. The Balaban J connectivity index is 0.000000210. The van der Waals surface area contributed by atoms with Gasteiger partial charge in [-0.05, 0) is 56.3 Å². The number of hydrogen-bond acceptors (Lipinski definition) is 3. The highest BCUT2D eigenvalue weighted by Gasteiger charge is 2.29. The zero-order chi connectivity index (χ0) is 22.3. The Morgan fingerprint density at radius 2 is 1.06 bits per heavy atom. The molecule has 5 heteroatoms. The molecule has 3 nitrogen and oxygen atoms in total. The lowest BCUT2D eigenvalue weighted by Crippen LogP contribution is -2.06. The van der Waals surface area contributed by atoms with Crippen LogP contribution in [0.1, 0.15) is 11.1 Å². The summed E-state index contributed by atoms with van der Waals surface area (Å²) in [4.78, 5) is 3.97. The van der Waals surface area contributed by atoms with Crippen LogP contribution < -0.4 is 0 Å². The molecule has 0 bridgehead atoms. The number of hydrogen-bond donors (Lipinski definition) is 0. The third-order valence-corrected chi connectivity index (χ3v) is 7.82. The van der Waals surface area contributed by atoms with E-state index in [-0.39, 0.29) is 15.8 Å². The van der Waals surface area contributed by atoms with Crippen LogP contribution in [0, 0.1) is 13.8 Å². The largest absolute Gasteiger partial charge is 0.744 e. The molecule has 0 aliphatic heterocycles. The molecule has 0 unspecified atom stereocenters. The first-order chi connectivity index (χ1) is 14.9. The van der Waals surface area contributed by atoms with Crippen molar-refractivity contribution in [3.8, 4) is 0 Å². The van der Waals surface area contributed by atoms with Gasteiger partial charge in [0.05, 0.1) is 15.8 Å². The van der Waals surface area contributed by atoms with Gasteiger partial charge in [-0.1, -0.05) is 72.3 Å². The van der Waals surface area contributed by atoms with Crippen LogP contribution in [0.2, 0.25) is 0 Å². The quantitative estimate of drug-likeness (QED) is 0.285. The van der Waals surface area contributed by atoms with E-state index >= 15 is 0 Å². The Labute approximate surface area is 187 Å². The minimum Gasteiger partial charge on any atom is -0.744 e. The van der Waals surface area contributed by atoms with Crippen LogP contribution >= 0.6 is 0 Å². The molecule has 31 heavy (non-hydrogen) atoms. The minimum atomic E-state index is -4.27. The first-order valence-electron chi connectivity index (χ1n) is 9.79. The molecule has 0 N–H and O–H groups in total. The standard InChI is InChI=1S/C19H17S.C7H8O3S/c1-16-10-8-9-15-19(16)20(17-11-4-2-5-12-17)18-13-6-3-7-14-18;1-6-2-4-7(5-3-6)11(8,9)10/h2-15H,1H3;2-5H,1H3,(H,8,9,10)/q+1;/p-1. The summed E-state index contributed by atoms with van der Waals surface area (Å²) < 4.78 is 31.2. The molecule has 0 saturated heterocycles. The third kappa shape index (κ3) is 6.31. The van der Waals surface area contributed by atoms with Crippen molar-refractivity contribution in [3.05, 3.63) is 120 Å². The zero-order valence-electron chi connectivity index (χ0n) is 17.4. The second kappa shape index (κ2) is 10.4. The summed E-state index contributed by atoms with van der Waals surface area (Å²) in [6.07, 6.45) is 0. The molecule has 0 atom stereocenters. The third-order valence-electron chi connectivity index (χ3n) is 4.58. The van der Waals surface area contributed by atoms with Crippen LogP contribution in [-0.4, -0.2) is 13.0 Å². The predicted octanol–water partition coefficient (Wildman–Crippen LogP) is 5.99. The van der Waals surface area contributed by atoms with Crippen molar-refractivity contribution in [2.45, 2.75) is 33.4 Å². The van der Waals surface area contributed by atoms with Crippen molar-refractivity contribution >= 4 is 21.0 Å². The maximum absolute atomic E-state index is 10.4. The Hall–Kier alpha value is -2.86. The van der Waals surface area contributed by atoms with Crippen LogP contribution in [0.25, 0.3) is 0 Å². The average Bonchev–Trinajstić information content (AvgIpc) is 2.77. The molecule has 0 spiro atoms. The van der Waals surface area contributed by atoms with Gasteiger partial charge in [-0.2, -0.15) is 0 Å². The van der Waals surface area contributed by atoms with Gasteiger partial charge in [-0.15, -0.1) is 0 Å². The molecule has 0 aliphatic carbocycles. The van der Waals surface area contributed by atoms with Gasteiger partial charge < -0.3 is 4.55 Å². The molecule has 0 saturated carbocycles. The Bertz CT molecular complexity index is 1170. The van der Waals surface area contributed by atoms with E-state index in [1.54, 1.807) is 12.1 Å². The first-order valence-corrected chi connectivity index (χ1v) is 12.4. The number of benzene rings is 4. The molecule has 0 heterocycles. The molecule has 0 fully saturated rings. The Morgan fingerprint density at radius 1 is 0.613 bits per heavy atom. The summed E-state index contributed by atoms with van der Waals surface area (Å²) in [5, 5.41) is 0. The molecule has 0 aromatic heterocycles. The summed E-state index contributed by atoms with van der Waals surface area (Å²) in [7, 11) is -4.30. The first kappa shape index (κ1) is 22.8. The van der Waals surface area contributed by atoms with Gasteiger partial charge in [0.25, 0.3) is 0 Å². The second-order valence-corrected chi connectivity index (χ2v) is 10.3. The molecule has 0 radical (unpaired) electrons. The molecule has 0 aliphatic rings. The minimum absolute atomic E-state index is 0.0262. The van der Waals surface area contributed by atoms with Crippen LogP contribution in [0.5, 0.6) is 0 Å². The van der Waals surface area contributed by atoms with Crippen LogP contribution in [-0.2, 0) is 21.0 Å². The molecule has 4 aromatic rings. The molecule has 4 rings (SSSR count). The fourth-order valence-corrected chi connectivity index (χ4v) is 5.71. The van der Waals surface area contributed by atoms with Crippen molar-refractivity contribution in [2.75, 3.05) is 0 Å². The van der Waals surface area contributed by atoms with Gasteiger partial charge >= 0.3 is 0 Å². The molecular weight excluding hydrogens is 424 g/mol. The lowest BCUT2D eigenvalue weighted by atomic mass is 10.2. The fraction of sp³-hybridized carbons (Fsp3) is 0.0769. The van der Waals surface area contributed by atoms with E-state index < -0.39 is 10.1 Å². The van der Waals surface area contributed by atoms with E-state index in [1.165, 1.54) is 32.4 Å². The van der Waals surface area contributed by atoms with Crippen LogP contribution in [0.15, 0.2) is 129 Å². The summed E-state index contributed by atoms with van der Waals surface area (Å²) in [6.45, 7) is 4.02. The lowest BCUT2D eigenvalue weighted by molar-refractivity contribution is 0.463. The van der Waals surface area contributed by atoms with E-state index in [0.717, 1.165) is 5.56 Å². The maximum Gasteiger partial charge on any atom is 0.169 e. The number of rotatable bonds is 4. The fourth-order valence-electron chi connectivity index (χ4n) is 2.99. The average molecular weight is 449 g/mol. The van der Waals surface area contributed by atoms with Crippen LogP contribution in [0.3, 0.4) is 0 Å². The van der Waals surface area contributed by atoms with Crippen molar-refractivity contribution in [1.29, 1.82) is 0 Å². The SMILES string of the molecule is Cc1ccc(S(=O)(=O)[O-])cc1.Cc1ccccc1[S+](c1ccccc1)c1ccccc1. The molecule has 158 valence electrons. The summed E-state index contributed by atoms with van der Waals surface area (Å²) in [5.41, 5.74) is 2.28. The Kier molecular flexibility index (Phi) is 7.69. The summed E-state index contributed by atoms with van der Waals surface area (Å²) in [5.74, 6) is 0. The highest BCUT2D eigenvalue weighted by Crippen LogP contribution is 2.32. The van der Waals surface area contributed by atoms with Crippen molar-refractivity contribution < 1.29 is 13.0 Å². The van der Waals surface area contributed by atoms with E-state index in [1.807, 2.05) is 6.92 Å². The van der Waals surface area contributed by atoms with Gasteiger partial charge in [0, 0.05) is 5.56 Å². The monoisotopic (exact) mass is 448 g/mol. The van der Waals surface area contributed by atoms with Gasteiger partial charge in [-0.3, -0.25) is 0 Å². The number of aryl methyl sites for hydroxylation is 2. The van der Waals surface area contributed by atoms with Gasteiger partial charge in [0.2, 0.25) is 0 Å². The summed E-state index contributed by atoms with van der Waals surface area (Å²) >= 11 is 0. The topological polar surface area (TPSA) is 57.2 Å². The van der Waals surface area contributed by atoms with Crippen LogP contribution in [0.4, 0.5) is 0 Å². The van der Waals surface area contributed by atoms with Crippen molar-refractivity contribution in [1.82, 2.24) is 0 Å². The van der Waals surface area contributed by atoms with Crippen molar-refractivity contribution in [2.24, 2.45) is 0 Å². The zero-order valence-corrected chi connectivity index (χ0v) is 19.1. The normalized spacial score (nSPS) is 11.0. The van der Waals surface area contributed by atoms with E-state index in [9.17, 15) is 13.0 Å². The highest BCUT2D eigenvalue weighted by molar-refractivity contribution is 7.97. The van der Waals surface area contributed by atoms with E-state index in [4.69, 9.17) is 0 Å². The highest BCUT2D eigenvalue weighted by atomic mass is 32.2.